The maximum absolute atomic E-state index is 12.4. The number of hydrogen-bond donors (Lipinski definition) is 1. The molecule has 164 valence electrons. The molecular weight excluding hydrogens is 394 g/mol. The summed E-state index contributed by atoms with van der Waals surface area (Å²) < 4.78 is 11.7. The largest absolute Gasteiger partial charge is 0.492 e. The van der Waals surface area contributed by atoms with E-state index >= 15 is 0 Å². The van der Waals surface area contributed by atoms with Gasteiger partial charge in [-0.15, -0.1) is 0 Å². The van der Waals surface area contributed by atoms with E-state index in [2.05, 4.69) is 0 Å². The molecule has 31 heavy (non-hydrogen) atoms. The predicted octanol–water partition coefficient (Wildman–Crippen LogP) is 4.22. The lowest BCUT2D eigenvalue weighted by molar-refractivity contribution is -0.0257. The monoisotopic (exact) mass is 423 g/mol. The molecule has 0 aromatic heterocycles. The van der Waals surface area contributed by atoms with Crippen molar-refractivity contribution in [2.24, 2.45) is 0 Å². The van der Waals surface area contributed by atoms with E-state index in [4.69, 9.17) is 9.47 Å². The van der Waals surface area contributed by atoms with Crippen molar-refractivity contribution in [2.75, 3.05) is 19.8 Å². The summed E-state index contributed by atoms with van der Waals surface area (Å²) in [5.41, 5.74) is 0.105. The number of fused-ring (bicyclic) bond motifs is 1. The van der Waals surface area contributed by atoms with Crippen molar-refractivity contribution < 1.29 is 24.2 Å². The van der Waals surface area contributed by atoms with Gasteiger partial charge in [-0.1, -0.05) is 50.3 Å². The lowest BCUT2D eigenvalue weighted by Gasteiger charge is -2.30. The second kappa shape index (κ2) is 9.52. The molecule has 2 amide bonds. The van der Waals surface area contributed by atoms with Crippen LogP contribution in [0.2, 0.25) is 0 Å². The number of carbonyl (C=O) groups is 2. The van der Waals surface area contributed by atoms with Crippen molar-refractivity contribution in [1.29, 1.82) is 0 Å². The molecule has 0 unspecified atom stereocenters. The van der Waals surface area contributed by atoms with E-state index in [0.29, 0.717) is 22.6 Å². The molecule has 1 aliphatic heterocycles. The van der Waals surface area contributed by atoms with Crippen LogP contribution in [0.25, 0.3) is 0 Å². The Hall–Kier alpha value is -2.86. The standard InChI is InChI=1S/C25H29NO5/c27-23-21-11-4-5-12-22(21)24(28)26(23)15-16-30-19-9-8-10-20(17-19)31-18-25(29)13-6-2-1-3-7-14-25/h4-5,8-12,17,29H,1-3,6-7,13-16,18H2. The zero-order valence-corrected chi connectivity index (χ0v) is 17.7. The smallest absolute Gasteiger partial charge is 0.261 e. The number of benzene rings is 2. The van der Waals surface area contributed by atoms with Crippen LogP contribution in [-0.4, -0.2) is 47.2 Å². The zero-order valence-electron chi connectivity index (χ0n) is 17.7. The molecule has 6 nitrogen and oxygen atoms in total. The third-order valence-corrected chi connectivity index (χ3v) is 6.06. The molecule has 0 saturated heterocycles. The van der Waals surface area contributed by atoms with Crippen LogP contribution in [0.3, 0.4) is 0 Å². The van der Waals surface area contributed by atoms with Crippen LogP contribution < -0.4 is 9.47 Å². The Balaban J connectivity index is 1.29. The average molecular weight is 424 g/mol. The highest BCUT2D eigenvalue weighted by molar-refractivity contribution is 6.21. The Bertz CT molecular complexity index is 898. The van der Waals surface area contributed by atoms with Crippen molar-refractivity contribution in [1.82, 2.24) is 4.90 Å². The minimum atomic E-state index is -0.775. The summed E-state index contributed by atoms with van der Waals surface area (Å²) in [4.78, 5) is 26.1. The summed E-state index contributed by atoms with van der Waals surface area (Å²) >= 11 is 0. The van der Waals surface area contributed by atoms with E-state index in [1.807, 2.05) is 12.1 Å². The van der Waals surface area contributed by atoms with Gasteiger partial charge in [0.15, 0.2) is 0 Å². The van der Waals surface area contributed by atoms with Gasteiger partial charge in [-0.3, -0.25) is 14.5 Å². The maximum atomic E-state index is 12.4. The lowest BCUT2D eigenvalue weighted by atomic mass is 9.88. The molecule has 0 atom stereocenters. The molecule has 1 fully saturated rings. The quantitative estimate of drug-likeness (QED) is 0.675. The third kappa shape index (κ3) is 5.07. The van der Waals surface area contributed by atoms with Crippen LogP contribution >= 0.6 is 0 Å². The van der Waals surface area contributed by atoms with Gasteiger partial charge in [0.05, 0.1) is 23.3 Å². The Kier molecular flexibility index (Phi) is 6.56. The predicted molar refractivity (Wildman–Crippen MR) is 117 cm³/mol. The Morgan fingerprint density at radius 3 is 2.03 bits per heavy atom. The minimum absolute atomic E-state index is 0.178. The first-order chi connectivity index (χ1) is 15.1. The number of imide groups is 1. The fourth-order valence-electron chi connectivity index (χ4n) is 4.28. The number of hydrogen-bond acceptors (Lipinski definition) is 5. The van der Waals surface area contributed by atoms with E-state index in [1.165, 1.54) is 24.2 Å². The van der Waals surface area contributed by atoms with Crippen LogP contribution in [0.1, 0.15) is 65.7 Å². The molecule has 6 heteroatoms. The SMILES string of the molecule is O=C1c2ccccc2C(=O)N1CCOc1cccc(OCC2(O)CCCCCCC2)c1. The van der Waals surface area contributed by atoms with Gasteiger partial charge in [0.2, 0.25) is 0 Å². The fraction of sp³-hybridized carbons (Fsp3) is 0.440. The van der Waals surface area contributed by atoms with Crippen molar-refractivity contribution >= 4 is 11.8 Å². The highest BCUT2D eigenvalue weighted by Gasteiger charge is 2.34. The lowest BCUT2D eigenvalue weighted by Crippen LogP contribution is -2.36. The van der Waals surface area contributed by atoms with Gasteiger partial charge in [-0.2, -0.15) is 0 Å². The van der Waals surface area contributed by atoms with Gasteiger partial charge < -0.3 is 14.6 Å². The van der Waals surface area contributed by atoms with E-state index in [9.17, 15) is 14.7 Å². The van der Waals surface area contributed by atoms with Crippen LogP contribution in [0, 0.1) is 0 Å². The van der Waals surface area contributed by atoms with E-state index < -0.39 is 5.60 Å². The fourth-order valence-corrected chi connectivity index (χ4v) is 4.28. The molecule has 1 aliphatic carbocycles. The summed E-state index contributed by atoms with van der Waals surface area (Å²) in [7, 11) is 0. The van der Waals surface area contributed by atoms with Gasteiger partial charge in [0.25, 0.3) is 11.8 Å². The summed E-state index contributed by atoms with van der Waals surface area (Å²) in [6.07, 6.45) is 7.17. The van der Waals surface area contributed by atoms with E-state index in [-0.39, 0.29) is 31.6 Å². The number of ether oxygens (including phenoxy) is 2. The summed E-state index contributed by atoms with van der Waals surface area (Å²) in [5.74, 6) is 0.662. The molecular formula is C25H29NO5. The third-order valence-electron chi connectivity index (χ3n) is 6.06. The molecule has 4 rings (SSSR count). The van der Waals surface area contributed by atoms with Crippen molar-refractivity contribution in [2.45, 2.75) is 50.5 Å². The summed E-state index contributed by atoms with van der Waals surface area (Å²) in [6.45, 7) is 0.640. The number of rotatable bonds is 7. The molecule has 2 aromatic carbocycles. The molecule has 0 spiro atoms. The second-order valence-electron chi connectivity index (χ2n) is 8.41. The summed E-state index contributed by atoms with van der Waals surface area (Å²) in [6, 6.07) is 14.1. The topological polar surface area (TPSA) is 76.1 Å². The first-order valence-corrected chi connectivity index (χ1v) is 11.1. The van der Waals surface area contributed by atoms with Crippen molar-refractivity contribution in [3.8, 4) is 11.5 Å². The Morgan fingerprint density at radius 1 is 0.806 bits per heavy atom. The second-order valence-corrected chi connectivity index (χ2v) is 8.41. The maximum Gasteiger partial charge on any atom is 0.261 e. The van der Waals surface area contributed by atoms with E-state index in [0.717, 1.165) is 25.7 Å². The van der Waals surface area contributed by atoms with Crippen LogP contribution in [0.5, 0.6) is 11.5 Å². The number of nitrogens with zero attached hydrogens (tertiary/aromatic N) is 1. The number of carbonyl (C=O) groups excluding carboxylic acids is 2. The molecule has 2 aromatic rings. The molecule has 0 bridgehead atoms. The highest BCUT2D eigenvalue weighted by atomic mass is 16.5. The average Bonchev–Trinajstić information content (AvgIpc) is 3.01. The Morgan fingerprint density at radius 2 is 1.39 bits per heavy atom. The number of aliphatic hydroxyl groups is 1. The number of amides is 2. The van der Waals surface area contributed by atoms with Crippen LogP contribution in [0.4, 0.5) is 0 Å². The summed E-state index contributed by atoms with van der Waals surface area (Å²) in [5, 5.41) is 10.9. The van der Waals surface area contributed by atoms with E-state index in [1.54, 1.807) is 36.4 Å². The van der Waals surface area contributed by atoms with Gasteiger partial charge in [-0.05, 0) is 37.1 Å². The van der Waals surface area contributed by atoms with Crippen molar-refractivity contribution in [3.05, 3.63) is 59.7 Å². The first kappa shape index (κ1) is 21.4. The first-order valence-electron chi connectivity index (χ1n) is 11.1. The normalized spacial score (nSPS) is 18.3. The van der Waals surface area contributed by atoms with Crippen LogP contribution in [0.15, 0.2) is 48.5 Å². The molecule has 0 radical (unpaired) electrons. The molecule has 1 heterocycles. The molecule has 1 saturated carbocycles. The minimum Gasteiger partial charge on any atom is -0.492 e. The molecule has 1 N–H and O–H groups in total. The van der Waals surface area contributed by atoms with Gasteiger partial charge in [0.1, 0.15) is 24.7 Å². The molecule has 2 aliphatic rings. The Labute approximate surface area is 182 Å². The zero-order chi connectivity index (χ0) is 21.7. The van der Waals surface area contributed by atoms with Crippen LogP contribution in [-0.2, 0) is 0 Å². The van der Waals surface area contributed by atoms with Gasteiger partial charge in [-0.25, -0.2) is 0 Å². The highest BCUT2D eigenvalue weighted by Crippen LogP contribution is 2.28. The van der Waals surface area contributed by atoms with Gasteiger partial charge >= 0.3 is 0 Å². The van der Waals surface area contributed by atoms with Gasteiger partial charge in [0, 0.05) is 6.07 Å². The van der Waals surface area contributed by atoms with Crippen molar-refractivity contribution in [3.63, 3.8) is 0 Å².